The number of ether oxygens (including phenoxy) is 1. The van der Waals surface area contributed by atoms with Crippen molar-refractivity contribution in [2.45, 2.75) is 32.8 Å². The van der Waals surface area contributed by atoms with E-state index >= 15 is 0 Å². The number of carbonyl (C=O) groups excluding carboxylic acids is 1. The minimum atomic E-state index is -0.471. The van der Waals surface area contributed by atoms with Crippen LogP contribution in [-0.2, 0) is 9.53 Å². The molecule has 1 fully saturated rings. The Bertz CT molecular complexity index is 649. The van der Waals surface area contributed by atoms with Crippen LogP contribution in [-0.4, -0.2) is 33.8 Å². The molecule has 22 heavy (non-hydrogen) atoms. The van der Waals surface area contributed by atoms with Crippen LogP contribution in [0.2, 0.25) is 0 Å². The van der Waals surface area contributed by atoms with E-state index in [2.05, 4.69) is 20.5 Å². The Labute approximate surface area is 129 Å². The molecule has 0 aromatic carbocycles. The molecule has 2 N–H and O–H groups in total. The van der Waals surface area contributed by atoms with Crippen LogP contribution in [0, 0.1) is 12.8 Å². The van der Waals surface area contributed by atoms with Gasteiger partial charge in [0, 0.05) is 23.5 Å². The average Bonchev–Trinajstić information content (AvgIpc) is 3.30. The van der Waals surface area contributed by atoms with Crippen LogP contribution < -0.4 is 5.32 Å². The molecule has 1 atom stereocenters. The molecule has 0 bridgehead atoms. The number of rotatable bonds is 6. The Balaban J connectivity index is 1.65. The summed E-state index contributed by atoms with van der Waals surface area (Å²) < 4.78 is 5.57. The molecule has 1 unspecified atom stereocenters. The second-order valence-corrected chi connectivity index (χ2v) is 5.72. The number of nitrogens with zero attached hydrogens (tertiary/aromatic N) is 2. The average molecular weight is 300 g/mol. The molecule has 1 aliphatic rings. The van der Waals surface area contributed by atoms with E-state index in [0.717, 1.165) is 16.8 Å². The van der Waals surface area contributed by atoms with Gasteiger partial charge < -0.3 is 10.1 Å². The molecule has 1 saturated carbocycles. The molecule has 1 aliphatic carbocycles. The number of aromatic nitrogens is 3. The molecule has 6 nitrogen and oxygen atoms in total. The van der Waals surface area contributed by atoms with E-state index in [1.165, 1.54) is 12.8 Å². The maximum Gasteiger partial charge on any atom is 0.254 e. The van der Waals surface area contributed by atoms with Gasteiger partial charge in [-0.15, -0.1) is 0 Å². The number of amides is 1. The molecule has 6 heteroatoms. The van der Waals surface area contributed by atoms with Gasteiger partial charge in [0.25, 0.3) is 5.91 Å². The number of anilines is 1. The summed E-state index contributed by atoms with van der Waals surface area (Å²) in [7, 11) is 0. The monoisotopic (exact) mass is 300 g/mol. The first-order chi connectivity index (χ1) is 10.6. The molecule has 116 valence electrons. The predicted octanol–water partition coefficient (Wildman–Crippen LogP) is 2.53. The summed E-state index contributed by atoms with van der Waals surface area (Å²) in [5, 5.41) is 9.97. The van der Waals surface area contributed by atoms with Crippen LogP contribution in [0.3, 0.4) is 0 Å². The highest BCUT2D eigenvalue weighted by Crippen LogP contribution is 2.29. The van der Waals surface area contributed by atoms with Crippen molar-refractivity contribution in [2.75, 3.05) is 11.9 Å². The number of pyridine rings is 1. The Hall–Kier alpha value is -2.21. The first kappa shape index (κ1) is 14.7. The Kier molecular flexibility index (Phi) is 4.20. The van der Waals surface area contributed by atoms with Gasteiger partial charge in [0.05, 0.1) is 12.3 Å². The Morgan fingerprint density at radius 2 is 2.18 bits per heavy atom. The molecule has 0 saturated heterocycles. The fourth-order valence-electron chi connectivity index (χ4n) is 2.18. The van der Waals surface area contributed by atoms with Gasteiger partial charge in [0.2, 0.25) is 0 Å². The zero-order chi connectivity index (χ0) is 15.5. The van der Waals surface area contributed by atoms with Crippen molar-refractivity contribution in [1.82, 2.24) is 15.2 Å². The minimum Gasteiger partial charge on any atom is -0.368 e. The van der Waals surface area contributed by atoms with E-state index in [9.17, 15) is 4.79 Å². The zero-order valence-corrected chi connectivity index (χ0v) is 12.8. The predicted molar refractivity (Wildman–Crippen MR) is 83.3 cm³/mol. The van der Waals surface area contributed by atoms with Gasteiger partial charge in [-0.3, -0.25) is 14.9 Å². The fourth-order valence-corrected chi connectivity index (χ4v) is 2.18. The summed E-state index contributed by atoms with van der Waals surface area (Å²) in [6.07, 6.45) is 5.40. The molecule has 3 rings (SSSR count). The van der Waals surface area contributed by atoms with E-state index < -0.39 is 6.10 Å². The summed E-state index contributed by atoms with van der Waals surface area (Å²) in [6.45, 7) is 4.35. The molecular weight excluding hydrogens is 280 g/mol. The van der Waals surface area contributed by atoms with Crippen LogP contribution in [0.15, 0.2) is 24.5 Å². The van der Waals surface area contributed by atoms with Gasteiger partial charge in [-0.05, 0) is 44.7 Å². The maximum atomic E-state index is 12.1. The number of H-pyrrole nitrogens is 1. The molecule has 0 aliphatic heterocycles. The summed E-state index contributed by atoms with van der Waals surface area (Å²) >= 11 is 0. The van der Waals surface area contributed by atoms with Gasteiger partial charge in [-0.1, -0.05) is 0 Å². The fraction of sp³-hybridized carbons (Fsp3) is 0.438. The lowest BCUT2D eigenvalue weighted by Crippen LogP contribution is -2.28. The Morgan fingerprint density at radius 3 is 2.86 bits per heavy atom. The summed E-state index contributed by atoms with van der Waals surface area (Å²) in [5.41, 5.74) is 2.76. The van der Waals surface area contributed by atoms with Crippen LogP contribution in [0.25, 0.3) is 11.3 Å². The number of nitrogens with one attached hydrogen (secondary N) is 2. The lowest BCUT2D eigenvalue weighted by Gasteiger charge is -2.12. The van der Waals surface area contributed by atoms with Crippen molar-refractivity contribution in [3.8, 4) is 11.3 Å². The highest BCUT2D eigenvalue weighted by atomic mass is 16.5. The Morgan fingerprint density at radius 1 is 1.45 bits per heavy atom. The van der Waals surface area contributed by atoms with Crippen molar-refractivity contribution in [1.29, 1.82) is 0 Å². The normalized spacial score (nSPS) is 15.5. The van der Waals surface area contributed by atoms with Crippen molar-refractivity contribution in [3.05, 3.63) is 30.1 Å². The second-order valence-electron chi connectivity index (χ2n) is 5.72. The lowest BCUT2D eigenvalue weighted by atomic mass is 10.1. The standard InChI is InChI=1S/C16H20N4O2/c1-10-14(13-5-7-17-8-6-13)19-20-15(10)18-16(21)11(2)22-9-12-3-4-12/h5-8,11-12H,3-4,9H2,1-2H3,(H2,18,19,20,21). The molecule has 2 aromatic heterocycles. The third-order valence-electron chi connectivity index (χ3n) is 3.87. The molecule has 2 heterocycles. The lowest BCUT2D eigenvalue weighted by molar-refractivity contribution is -0.126. The van der Waals surface area contributed by atoms with E-state index in [1.54, 1.807) is 19.3 Å². The van der Waals surface area contributed by atoms with E-state index in [0.29, 0.717) is 18.3 Å². The van der Waals surface area contributed by atoms with E-state index in [-0.39, 0.29) is 5.91 Å². The van der Waals surface area contributed by atoms with Crippen molar-refractivity contribution in [2.24, 2.45) is 5.92 Å². The topological polar surface area (TPSA) is 79.9 Å². The van der Waals surface area contributed by atoms with E-state index in [4.69, 9.17) is 4.74 Å². The highest BCUT2D eigenvalue weighted by Gasteiger charge is 2.24. The first-order valence-electron chi connectivity index (χ1n) is 7.53. The molecule has 2 aromatic rings. The number of aromatic amines is 1. The number of hydrogen-bond acceptors (Lipinski definition) is 4. The first-order valence-corrected chi connectivity index (χ1v) is 7.53. The third-order valence-corrected chi connectivity index (χ3v) is 3.87. The maximum absolute atomic E-state index is 12.1. The second kappa shape index (κ2) is 6.27. The van der Waals surface area contributed by atoms with Crippen molar-refractivity contribution in [3.63, 3.8) is 0 Å². The molecule has 1 amide bonds. The van der Waals surface area contributed by atoms with Crippen LogP contribution in [0.5, 0.6) is 0 Å². The van der Waals surface area contributed by atoms with Gasteiger partial charge in [0.15, 0.2) is 5.82 Å². The minimum absolute atomic E-state index is 0.170. The molecular formula is C16H20N4O2. The summed E-state index contributed by atoms with van der Waals surface area (Å²) in [6, 6.07) is 3.79. The smallest absolute Gasteiger partial charge is 0.254 e. The van der Waals surface area contributed by atoms with E-state index in [1.807, 2.05) is 19.1 Å². The summed E-state index contributed by atoms with van der Waals surface area (Å²) in [5.74, 6) is 1.01. The van der Waals surface area contributed by atoms with Gasteiger partial charge in [0.1, 0.15) is 6.10 Å². The number of carbonyl (C=O) groups is 1. The SMILES string of the molecule is Cc1c(NC(=O)C(C)OCC2CC2)n[nH]c1-c1ccncc1. The van der Waals surface area contributed by atoms with Gasteiger partial charge in [-0.25, -0.2) is 0 Å². The molecule has 0 spiro atoms. The zero-order valence-electron chi connectivity index (χ0n) is 12.8. The van der Waals surface area contributed by atoms with Crippen molar-refractivity contribution >= 4 is 11.7 Å². The highest BCUT2D eigenvalue weighted by molar-refractivity contribution is 5.94. The van der Waals surface area contributed by atoms with Crippen molar-refractivity contribution < 1.29 is 9.53 Å². The quantitative estimate of drug-likeness (QED) is 0.859. The van der Waals surface area contributed by atoms with Crippen LogP contribution in [0.1, 0.15) is 25.3 Å². The van der Waals surface area contributed by atoms with Crippen LogP contribution >= 0.6 is 0 Å². The number of hydrogen-bond donors (Lipinski definition) is 2. The largest absolute Gasteiger partial charge is 0.368 e. The van der Waals surface area contributed by atoms with Gasteiger partial charge >= 0.3 is 0 Å². The molecule has 0 radical (unpaired) electrons. The summed E-state index contributed by atoms with van der Waals surface area (Å²) in [4.78, 5) is 16.1. The van der Waals surface area contributed by atoms with Gasteiger partial charge in [-0.2, -0.15) is 5.10 Å². The van der Waals surface area contributed by atoms with Crippen LogP contribution in [0.4, 0.5) is 5.82 Å². The third kappa shape index (κ3) is 3.33.